The SMILES string of the molecule is CC1CCC(C(C)(C)S(=O)(=O)F)CC1C. The molecule has 0 heterocycles. The third-order valence-electron chi connectivity index (χ3n) is 4.21. The molecule has 0 aliphatic heterocycles. The topological polar surface area (TPSA) is 34.1 Å². The largest absolute Gasteiger partial charge is 0.307 e. The van der Waals surface area contributed by atoms with Crippen LogP contribution in [0.15, 0.2) is 0 Å². The van der Waals surface area contributed by atoms with Crippen LogP contribution in [0.5, 0.6) is 0 Å². The first-order valence-electron chi connectivity index (χ1n) is 5.60. The first-order chi connectivity index (χ1) is 6.66. The quantitative estimate of drug-likeness (QED) is 0.690. The summed E-state index contributed by atoms with van der Waals surface area (Å²) >= 11 is 0. The lowest BCUT2D eigenvalue weighted by Crippen LogP contribution is -2.41. The normalized spacial score (nSPS) is 34.1. The molecule has 3 unspecified atom stereocenters. The van der Waals surface area contributed by atoms with Crippen molar-refractivity contribution in [2.45, 2.75) is 51.7 Å². The third-order valence-corrected chi connectivity index (χ3v) is 5.80. The Morgan fingerprint density at radius 3 is 2.07 bits per heavy atom. The van der Waals surface area contributed by atoms with Crippen molar-refractivity contribution in [3.05, 3.63) is 0 Å². The molecule has 4 heteroatoms. The number of rotatable bonds is 2. The van der Waals surface area contributed by atoms with Gasteiger partial charge in [-0.25, -0.2) is 0 Å². The predicted molar refractivity (Wildman–Crippen MR) is 59.8 cm³/mol. The Bertz CT molecular complexity index is 321. The minimum Gasteiger partial charge on any atom is -0.194 e. The molecule has 0 aromatic carbocycles. The van der Waals surface area contributed by atoms with E-state index in [-0.39, 0.29) is 5.92 Å². The molecule has 1 aliphatic rings. The van der Waals surface area contributed by atoms with Gasteiger partial charge < -0.3 is 0 Å². The second-order valence-electron chi connectivity index (χ2n) is 5.51. The first kappa shape index (κ1) is 12.9. The van der Waals surface area contributed by atoms with E-state index in [1.54, 1.807) is 0 Å². The van der Waals surface area contributed by atoms with E-state index in [0.29, 0.717) is 11.8 Å². The molecule has 0 spiro atoms. The zero-order chi connectivity index (χ0) is 11.9. The monoisotopic (exact) mass is 236 g/mol. The first-order valence-corrected chi connectivity index (χ1v) is 6.98. The van der Waals surface area contributed by atoms with Crippen molar-refractivity contribution in [2.75, 3.05) is 0 Å². The van der Waals surface area contributed by atoms with Crippen LogP contribution in [0.25, 0.3) is 0 Å². The summed E-state index contributed by atoms with van der Waals surface area (Å²) < 4.78 is 34.1. The molecular weight excluding hydrogens is 215 g/mol. The molecule has 0 aromatic heterocycles. The fourth-order valence-corrected chi connectivity index (χ4v) is 2.99. The molecule has 3 atom stereocenters. The summed E-state index contributed by atoms with van der Waals surface area (Å²) in [6.45, 7) is 7.32. The molecule has 0 bridgehead atoms. The zero-order valence-corrected chi connectivity index (χ0v) is 10.8. The average molecular weight is 236 g/mol. The number of hydrogen-bond donors (Lipinski definition) is 0. The maximum atomic E-state index is 13.1. The standard InChI is InChI=1S/C11H21FO2S/c1-8-5-6-10(7-9(8)2)11(3,4)15(12,13)14/h8-10H,5-7H2,1-4H3. The molecule has 0 aromatic rings. The minimum absolute atomic E-state index is 0.0429. The van der Waals surface area contributed by atoms with Crippen molar-refractivity contribution >= 4 is 10.2 Å². The minimum atomic E-state index is -4.44. The second-order valence-corrected chi connectivity index (χ2v) is 7.43. The highest BCUT2D eigenvalue weighted by Gasteiger charge is 2.44. The summed E-state index contributed by atoms with van der Waals surface area (Å²) in [6, 6.07) is 0. The Kier molecular flexibility index (Phi) is 3.49. The summed E-state index contributed by atoms with van der Waals surface area (Å²) in [6.07, 6.45) is 2.64. The summed E-state index contributed by atoms with van der Waals surface area (Å²) in [7, 11) is -4.44. The highest BCUT2D eigenvalue weighted by atomic mass is 32.3. The summed E-state index contributed by atoms with van der Waals surface area (Å²) in [5.41, 5.74) is 0. The highest BCUT2D eigenvalue weighted by Crippen LogP contribution is 2.42. The second kappa shape index (κ2) is 4.04. The molecule has 1 rings (SSSR count). The third kappa shape index (κ3) is 2.52. The van der Waals surface area contributed by atoms with E-state index in [1.165, 1.54) is 13.8 Å². The summed E-state index contributed by atoms with van der Waals surface area (Å²) in [5, 5.41) is 0. The lowest BCUT2D eigenvalue weighted by Gasteiger charge is -2.38. The van der Waals surface area contributed by atoms with Crippen LogP contribution >= 0.6 is 0 Å². The number of halogens is 1. The van der Waals surface area contributed by atoms with Crippen molar-refractivity contribution in [1.29, 1.82) is 0 Å². The average Bonchev–Trinajstić information content (AvgIpc) is 2.07. The van der Waals surface area contributed by atoms with Crippen molar-refractivity contribution in [3.63, 3.8) is 0 Å². The van der Waals surface area contributed by atoms with Gasteiger partial charge in [0, 0.05) is 0 Å². The van der Waals surface area contributed by atoms with Crippen LogP contribution in [0, 0.1) is 17.8 Å². The van der Waals surface area contributed by atoms with Gasteiger partial charge in [0.2, 0.25) is 0 Å². The van der Waals surface area contributed by atoms with Gasteiger partial charge in [0.05, 0.1) is 4.75 Å². The van der Waals surface area contributed by atoms with Crippen LogP contribution in [0.4, 0.5) is 3.89 Å². The fourth-order valence-electron chi connectivity index (χ4n) is 2.38. The van der Waals surface area contributed by atoms with Crippen LogP contribution in [-0.2, 0) is 10.2 Å². The molecule has 0 saturated heterocycles. The van der Waals surface area contributed by atoms with Gasteiger partial charge in [-0.3, -0.25) is 0 Å². The van der Waals surface area contributed by atoms with E-state index in [4.69, 9.17) is 0 Å². The molecule has 1 saturated carbocycles. The molecule has 15 heavy (non-hydrogen) atoms. The van der Waals surface area contributed by atoms with E-state index < -0.39 is 15.0 Å². The Morgan fingerprint density at radius 2 is 1.67 bits per heavy atom. The van der Waals surface area contributed by atoms with Crippen LogP contribution < -0.4 is 0 Å². The Balaban J connectivity index is 2.82. The van der Waals surface area contributed by atoms with E-state index in [2.05, 4.69) is 13.8 Å². The Labute approximate surface area is 92.5 Å². The van der Waals surface area contributed by atoms with Crippen molar-refractivity contribution in [2.24, 2.45) is 17.8 Å². The van der Waals surface area contributed by atoms with E-state index in [9.17, 15) is 12.3 Å². The smallest absolute Gasteiger partial charge is 0.194 e. The molecule has 0 radical (unpaired) electrons. The van der Waals surface area contributed by atoms with Gasteiger partial charge in [0.1, 0.15) is 0 Å². The predicted octanol–water partition coefficient (Wildman–Crippen LogP) is 3.14. The van der Waals surface area contributed by atoms with Gasteiger partial charge in [-0.15, -0.1) is 3.89 Å². The Morgan fingerprint density at radius 1 is 1.13 bits per heavy atom. The van der Waals surface area contributed by atoms with Gasteiger partial charge in [-0.05, 0) is 44.4 Å². The fraction of sp³-hybridized carbons (Fsp3) is 1.00. The van der Waals surface area contributed by atoms with Crippen molar-refractivity contribution in [1.82, 2.24) is 0 Å². The number of hydrogen-bond acceptors (Lipinski definition) is 2. The van der Waals surface area contributed by atoms with E-state index >= 15 is 0 Å². The Hall–Kier alpha value is -0.120. The summed E-state index contributed by atoms with van der Waals surface area (Å²) in [5.74, 6) is 1.07. The molecule has 0 N–H and O–H groups in total. The van der Waals surface area contributed by atoms with Gasteiger partial charge in [0.15, 0.2) is 0 Å². The lowest BCUT2D eigenvalue weighted by atomic mass is 9.72. The maximum Gasteiger partial charge on any atom is 0.307 e. The zero-order valence-electron chi connectivity index (χ0n) is 9.96. The van der Waals surface area contributed by atoms with E-state index in [1.807, 2.05) is 0 Å². The van der Waals surface area contributed by atoms with Gasteiger partial charge in [0.25, 0.3) is 0 Å². The molecule has 2 nitrogen and oxygen atoms in total. The van der Waals surface area contributed by atoms with E-state index in [0.717, 1.165) is 19.3 Å². The van der Waals surface area contributed by atoms with Crippen molar-refractivity contribution in [3.8, 4) is 0 Å². The van der Waals surface area contributed by atoms with Crippen LogP contribution in [0.3, 0.4) is 0 Å². The van der Waals surface area contributed by atoms with Crippen LogP contribution in [-0.4, -0.2) is 13.2 Å². The van der Waals surface area contributed by atoms with Gasteiger partial charge in [-0.1, -0.05) is 20.3 Å². The summed E-state index contributed by atoms with van der Waals surface area (Å²) in [4.78, 5) is 0. The van der Waals surface area contributed by atoms with Gasteiger partial charge >= 0.3 is 10.2 Å². The van der Waals surface area contributed by atoms with Crippen molar-refractivity contribution < 1.29 is 12.3 Å². The maximum absolute atomic E-state index is 13.1. The van der Waals surface area contributed by atoms with Gasteiger partial charge in [-0.2, -0.15) is 8.42 Å². The molecule has 0 amide bonds. The molecule has 90 valence electrons. The highest BCUT2D eigenvalue weighted by molar-refractivity contribution is 7.87. The molecular formula is C11H21FO2S. The van der Waals surface area contributed by atoms with Crippen LogP contribution in [0.1, 0.15) is 47.0 Å². The van der Waals surface area contributed by atoms with Crippen LogP contribution in [0.2, 0.25) is 0 Å². The molecule has 1 aliphatic carbocycles. The molecule has 1 fully saturated rings. The lowest BCUT2D eigenvalue weighted by molar-refractivity contribution is 0.177.